The first-order chi connectivity index (χ1) is 5.33. The largest absolute Gasteiger partial charge is 0.466 e. The monoisotopic (exact) mass is 158 g/mol. The first kappa shape index (κ1) is 8.23. The molecular formula is C7H10O4. The van der Waals surface area contributed by atoms with Gasteiger partial charge in [0.05, 0.1) is 20.3 Å². The number of hydrogen-bond donors (Lipinski definition) is 0. The fourth-order valence-corrected chi connectivity index (χ4v) is 0.713. The van der Waals surface area contributed by atoms with Crippen LogP contribution in [-0.2, 0) is 19.0 Å². The summed E-state index contributed by atoms with van der Waals surface area (Å²) in [5.41, 5.74) is 0. The van der Waals surface area contributed by atoms with Gasteiger partial charge in [-0.25, -0.2) is 4.79 Å². The molecule has 0 bridgehead atoms. The minimum absolute atomic E-state index is 0.380. The molecule has 1 aliphatic heterocycles. The summed E-state index contributed by atoms with van der Waals surface area (Å²) >= 11 is 0. The van der Waals surface area contributed by atoms with Gasteiger partial charge < -0.3 is 14.2 Å². The quantitative estimate of drug-likeness (QED) is 0.422. The highest BCUT2D eigenvalue weighted by molar-refractivity contribution is 5.81. The highest BCUT2D eigenvalue weighted by Gasteiger charge is 2.11. The van der Waals surface area contributed by atoms with E-state index in [1.807, 2.05) is 0 Å². The number of methoxy groups -OCH3 is 1. The van der Waals surface area contributed by atoms with Crippen molar-refractivity contribution in [2.24, 2.45) is 0 Å². The predicted octanol–water partition coefficient (Wildman–Crippen LogP) is 0.0885. The van der Waals surface area contributed by atoms with Gasteiger partial charge in [0.1, 0.15) is 0 Å². The summed E-state index contributed by atoms with van der Waals surface area (Å²) in [6.07, 6.45) is 2.43. The maximum Gasteiger partial charge on any atom is 0.330 e. The zero-order valence-electron chi connectivity index (χ0n) is 6.28. The summed E-state index contributed by atoms with van der Waals surface area (Å²) in [4.78, 5) is 10.5. The minimum atomic E-state index is -0.399. The number of ether oxygens (including phenoxy) is 3. The van der Waals surface area contributed by atoms with E-state index < -0.39 is 5.97 Å². The second kappa shape index (κ2) is 4.10. The van der Waals surface area contributed by atoms with E-state index in [1.54, 1.807) is 0 Å². The molecule has 4 nitrogen and oxygen atoms in total. The van der Waals surface area contributed by atoms with Crippen molar-refractivity contribution in [3.8, 4) is 0 Å². The molecule has 0 saturated carbocycles. The SMILES string of the molecule is COC(=O)/C=C/C1OCCO1. The van der Waals surface area contributed by atoms with E-state index in [2.05, 4.69) is 4.74 Å². The van der Waals surface area contributed by atoms with Crippen LogP contribution in [0.1, 0.15) is 0 Å². The van der Waals surface area contributed by atoms with E-state index in [9.17, 15) is 4.79 Å². The van der Waals surface area contributed by atoms with Gasteiger partial charge in [0.15, 0.2) is 6.29 Å². The summed E-state index contributed by atoms with van der Waals surface area (Å²) < 4.78 is 14.4. The van der Waals surface area contributed by atoms with Crippen molar-refractivity contribution in [2.75, 3.05) is 20.3 Å². The lowest BCUT2D eigenvalue weighted by Gasteiger charge is -1.99. The Hall–Kier alpha value is -0.870. The second-order valence-corrected chi connectivity index (χ2v) is 1.99. The molecule has 1 saturated heterocycles. The Bertz CT molecular complexity index is 158. The van der Waals surface area contributed by atoms with Crippen LogP contribution < -0.4 is 0 Å². The standard InChI is InChI=1S/C7H10O4/c1-9-6(8)2-3-7-10-4-5-11-7/h2-3,7H,4-5H2,1H3/b3-2+. The van der Waals surface area contributed by atoms with Crippen LogP contribution in [-0.4, -0.2) is 32.6 Å². The smallest absolute Gasteiger partial charge is 0.330 e. The summed E-state index contributed by atoms with van der Waals surface area (Å²) in [5.74, 6) is -0.399. The lowest BCUT2D eigenvalue weighted by molar-refractivity contribution is -0.135. The van der Waals surface area contributed by atoms with Crippen LogP contribution >= 0.6 is 0 Å². The van der Waals surface area contributed by atoms with E-state index in [0.717, 1.165) is 0 Å². The van der Waals surface area contributed by atoms with Crippen molar-refractivity contribution < 1.29 is 19.0 Å². The third kappa shape index (κ3) is 2.69. The van der Waals surface area contributed by atoms with Crippen LogP contribution in [0.3, 0.4) is 0 Å². The summed E-state index contributed by atoms with van der Waals surface area (Å²) in [6.45, 7) is 1.16. The van der Waals surface area contributed by atoms with Gasteiger partial charge >= 0.3 is 5.97 Å². The van der Waals surface area contributed by atoms with Gasteiger partial charge in [-0.3, -0.25) is 0 Å². The topological polar surface area (TPSA) is 44.8 Å². The average Bonchev–Trinajstić information content (AvgIpc) is 2.52. The minimum Gasteiger partial charge on any atom is -0.466 e. The molecule has 0 unspecified atom stereocenters. The Morgan fingerprint density at radius 2 is 2.18 bits per heavy atom. The summed E-state index contributed by atoms with van der Waals surface area (Å²) in [7, 11) is 1.32. The molecule has 0 atom stereocenters. The Morgan fingerprint density at radius 3 is 2.73 bits per heavy atom. The molecule has 0 aromatic heterocycles. The van der Waals surface area contributed by atoms with Crippen molar-refractivity contribution >= 4 is 5.97 Å². The Kier molecular flexibility index (Phi) is 3.07. The molecule has 0 radical (unpaired) electrons. The van der Waals surface area contributed by atoms with Gasteiger partial charge in [0, 0.05) is 6.08 Å². The van der Waals surface area contributed by atoms with Crippen LogP contribution in [0.2, 0.25) is 0 Å². The van der Waals surface area contributed by atoms with Gasteiger partial charge in [-0.1, -0.05) is 0 Å². The van der Waals surface area contributed by atoms with Crippen LogP contribution in [0.15, 0.2) is 12.2 Å². The van der Waals surface area contributed by atoms with Crippen molar-refractivity contribution in [3.63, 3.8) is 0 Å². The molecule has 4 heteroatoms. The van der Waals surface area contributed by atoms with E-state index in [-0.39, 0.29) is 6.29 Å². The number of esters is 1. The Balaban J connectivity index is 2.27. The number of hydrogen-bond acceptors (Lipinski definition) is 4. The van der Waals surface area contributed by atoms with Gasteiger partial charge in [-0.2, -0.15) is 0 Å². The van der Waals surface area contributed by atoms with E-state index >= 15 is 0 Å². The fraction of sp³-hybridized carbons (Fsp3) is 0.571. The normalized spacial score (nSPS) is 19.4. The molecule has 0 aromatic carbocycles. The molecule has 0 N–H and O–H groups in total. The highest BCUT2D eigenvalue weighted by Crippen LogP contribution is 2.04. The van der Waals surface area contributed by atoms with Crippen molar-refractivity contribution in [1.82, 2.24) is 0 Å². The number of carbonyl (C=O) groups excluding carboxylic acids is 1. The highest BCUT2D eigenvalue weighted by atomic mass is 16.7. The maximum atomic E-state index is 10.5. The molecule has 1 heterocycles. The first-order valence-corrected chi connectivity index (χ1v) is 3.32. The van der Waals surface area contributed by atoms with Gasteiger partial charge in [0.25, 0.3) is 0 Å². The summed E-state index contributed by atoms with van der Waals surface area (Å²) in [5, 5.41) is 0. The molecule has 0 amide bonds. The third-order valence-corrected chi connectivity index (χ3v) is 1.24. The Morgan fingerprint density at radius 1 is 1.55 bits per heavy atom. The molecule has 62 valence electrons. The van der Waals surface area contributed by atoms with Gasteiger partial charge in [0.2, 0.25) is 0 Å². The molecule has 0 aromatic rings. The van der Waals surface area contributed by atoms with E-state index in [4.69, 9.17) is 9.47 Å². The first-order valence-electron chi connectivity index (χ1n) is 3.32. The zero-order valence-corrected chi connectivity index (χ0v) is 6.28. The lowest BCUT2D eigenvalue weighted by Crippen LogP contribution is -2.04. The molecular weight excluding hydrogens is 148 g/mol. The fourth-order valence-electron chi connectivity index (χ4n) is 0.713. The van der Waals surface area contributed by atoms with Crippen molar-refractivity contribution in [3.05, 3.63) is 12.2 Å². The predicted molar refractivity (Wildman–Crippen MR) is 36.8 cm³/mol. The maximum absolute atomic E-state index is 10.5. The molecule has 1 rings (SSSR count). The lowest BCUT2D eigenvalue weighted by atomic mass is 10.5. The Labute approximate surface area is 64.7 Å². The molecule has 1 aliphatic rings. The van der Waals surface area contributed by atoms with Crippen LogP contribution in [0.25, 0.3) is 0 Å². The molecule has 1 fully saturated rings. The zero-order chi connectivity index (χ0) is 8.10. The molecule has 11 heavy (non-hydrogen) atoms. The second-order valence-electron chi connectivity index (χ2n) is 1.99. The van der Waals surface area contributed by atoms with Gasteiger partial charge in [-0.15, -0.1) is 0 Å². The summed E-state index contributed by atoms with van der Waals surface area (Å²) in [6, 6.07) is 0. The van der Waals surface area contributed by atoms with E-state index in [0.29, 0.717) is 13.2 Å². The average molecular weight is 158 g/mol. The van der Waals surface area contributed by atoms with Crippen molar-refractivity contribution in [1.29, 1.82) is 0 Å². The van der Waals surface area contributed by atoms with Gasteiger partial charge in [-0.05, 0) is 6.08 Å². The number of carbonyl (C=O) groups is 1. The molecule has 0 aliphatic carbocycles. The molecule has 0 spiro atoms. The third-order valence-electron chi connectivity index (χ3n) is 1.24. The number of rotatable bonds is 2. The van der Waals surface area contributed by atoms with Crippen LogP contribution in [0.4, 0.5) is 0 Å². The van der Waals surface area contributed by atoms with E-state index in [1.165, 1.54) is 19.3 Å². The van der Waals surface area contributed by atoms with Crippen LogP contribution in [0.5, 0.6) is 0 Å². The van der Waals surface area contributed by atoms with Crippen LogP contribution in [0, 0.1) is 0 Å². The van der Waals surface area contributed by atoms with Crippen molar-refractivity contribution in [2.45, 2.75) is 6.29 Å².